The van der Waals surface area contributed by atoms with Gasteiger partial charge in [-0.15, -0.1) is 10.2 Å². The number of nitrogens with zero attached hydrogens (tertiary/aromatic N) is 5. The van der Waals surface area contributed by atoms with Gasteiger partial charge in [-0.05, 0) is 31.4 Å². The first-order valence-corrected chi connectivity index (χ1v) is 10.5. The highest BCUT2D eigenvalue weighted by molar-refractivity contribution is 7.99. The van der Waals surface area contributed by atoms with E-state index >= 15 is 0 Å². The molecule has 1 aliphatic rings. The van der Waals surface area contributed by atoms with E-state index in [9.17, 15) is 13.2 Å². The first kappa shape index (κ1) is 18.2. The van der Waals surface area contributed by atoms with Crippen molar-refractivity contribution in [3.8, 4) is 0 Å². The average Bonchev–Trinajstić information content (AvgIpc) is 3.02. The summed E-state index contributed by atoms with van der Waals surface area (Å²) in [7, 11) is -0.569. The fraction of sp³-hybridized carbons (Fsp3) is 0.533. The molecule has 3 heterocycles. The number of carbonyl (C=O) groups is 1. The van der Waals surface area contributed by atoms with Crippen LogP contribution >= 0.6 is 11.8 Å². The van der Waals surface area contributed by atoms with Crippen molar-refractivity contribution in [2.45, 2.75) is 29.3 Å². The third-order valence-electron chi connectivity index (χ3n) is 4.16. The predicted octanol–water partition coefficient (Wildman–Crippen LogP) is 1.08. The standard InChI is InChI=1S/C15H21N5O3S2/c1-18(2)25(22,23)12-6-7-13-16-17-15(20(13)10-12)24-11-14(21)19-8-4-3-5-9-19/h6-7,10H,3-5,8-9,11H2,1-2H3. The molecule has 8 nitrogen and oxygen atoms in total. The lowest BCUT2D eigenvalue weighted by atomic mass is 10.1. The van der Waals surface area contributed by atoms with Crippen molar-refractivity contribution < 1.29 is 13.2 Å². The Hall–Kier alpha value is -1.65. The molecule has 0 unspecified atom stereocenters. The molecule has 10 heteroatoms. The zero-order chi connectivity index (χ0) is 18.0. The second kappa shape index (κ2) is 7.30. The normalized spacial score (nSPS) is 15.9. The maximum Gasteiger partial charge on any atom is 0.244 e. The topological polar surface area (TPSA) is 87.9 Å². The van der Waals surface area contributed by atoms with Crippen molar-refractivity contribution >= 4 is 33.3 Å². The van der Waals surface area contributed by atoms with Crippen molar-refractivity contribution in [3.05, 3.63) is 18.3 Å². The molecule has 0 aliphatic carbocycles. The molecule has 0 aromatic carbocycles. The Morgan fingerprint density at radius 1 is 1.20 bits per heavy atom. The monoisotopic (exact) mass is 383 g/mol. The van der Waals surface area contributed by atoms with E-state index in [2.05, 4.69) is 10.2 Å². The highest BCUT2D eigenvalue weighted by Gasteiger charge is 2.20. The van der Waals surface area contributed by atoms with Crippen LogP contribution in [0.2, 0.25) is 0 Å². The number of fused-ring (bicyclic) bond motifs is 1. The molecule has 0 spiro atoms. The van der Waals surface area contributed by atoms with Crippen LogP contribution in [-0.4, -0.2) is 71.1 Å². The number of likely N-dealkylation sites (tertiary alicyclic amines) is 1. The summed E-state index contributed by atoms with van der Waals surface area (Å²) in [6, 6.07) is 3.12. The van der Waals surface area contributed by atoms with Crippen molar-refractivity contribution in [3.63, 3.8) is 0 Å². The van der Waals surface area contributed by atoms with Crippen LogP contribution in [0, 0.1) is 0 Å². The minimum absolute atomic E-state index is 0.0820. The number of amides is 1. The third kappa shape index (κ3) is 3.80. The fourth-order valence-corrected chi connectivity index (χ4v) is 4.39. The lowest BCUT2D eigenvalue weighted by Crippen LogP contribution is -2.36. The van der Waals surface area contributed by atoms with E-state index in [0.29, 0.717) is 10.8 Å². The predicted molar refractivity (Wildman–Crippen MR) is 95.0 cm³/mol. The lowest BCUT2D eigenvalue weighted by Gasteiger charge is -2.26. The van der Waals surface area contributed by atoms with Crippen molar-refractivity contribution in [1.82, 2.24) is 23.8 Å². The minimum Gasteiger partial charge on any atom is -0.342 e. The van der Waals surface area contributed by atoms with Crippen LogP contribution in [0.4, 0.5) is 0 Å². The van der Waals surface area contributed by atoms with E-state index in [1.165, 1.54) is 44.5 Å². The van der Waals surface area contributed by atoms with E-state index in [1.807, 2.05) is 4.90 Å². The molecule has 0 bridgehead atoms. The van der Waals surface area contributed by atoms with Crippen molar-refractivity contribution in [2.75, 3.05) is 32.9 Å². The van der Waals surface area contributed by atoms with Gasteiger partial charge in [0.05, 0.1) is 10.6 Å². The van der Waals surface area contributed by atoms with E-state index in [1.54, 1.807) is 10.5 Å². The Bertz CT molecular complexity index is 872. The largest absolute Gasteiger partial charge is 0.342 e. The van der Waals surface area contributed by atoms with Crippen molar-refractivity contribution in [1.29, 1.82) is 0 Å². The molecular weight excluding hydrogens is 362 g/mol. The van der Waals surface area contributed by atoms with Gasteiger partial charge in [-0.25, -0.2) is 12.7 Å². The molecular formula is C15H21N5O3S2. The van der Waals surface area contributed by atoms with Crippen LogP contribution in [0.15, 0.2) is 28.4 Å². The number of rotatable bonds is 5. The lowest BCUT2D eigenvalue weighted by molar-refractivity contribution is -0.129. The summed E-state index contributed by atoms with van der Waals surface area (Å²) in [5, 5.41) is 8.62. The first-order chi connectivity index (χ1) is 11.9. The molecule has 0 saturated carbocycles. The quantitative estimate of drug-likeness (QED) is 0.718. The maximum atomic E-state index is 12.3. The van der Waals surface area contributed by atoms with Gasteiger partial charge in [-0.2, -0.15) is 0 Å². The number of thioether (sulfide) groups is 1. The van der Waals surface area contributed by atoms with Gasteiger partial charge in [0.2, 0.25) is 15.9 Å². The molecule has 3 rings (SSSR count). The first-order valence-electron chi connectivity index (χ1n) is 8.07. The summed E-state index contributed by atoms with van der Waals surface area (Å²) in [4.78, 5) is 14.3. The summed E-state index contributed by atoms with van der Waals surface area (Å²) in [6.07, 6.45) is 4.78. The minimum atomic E-state index is -3.54. The van der Waals surface area contributed by atoms with Gasteiger partial charge in [0.15, 0.2) is 10.8 Å². The second-order valence-electron chi connectivity index (χ2n) is 6.09. The number of carbonyl (C=O) groups excluding carboxylic acids is 1. The molecule has 0 atom stereocenters. The SMILES string of the molecule is CN(C)S(=O)(=O)c1ccc2nnc(SCC(=O)N3CCCCC3)n2c1. The van der Waals surface area contributed by atoms with Gasteiger partial charge in [0.25, 0.3) is 0 Å². The van der Waals surface area contributed by atoms with Crippen LogP contribution in [0.1, 0.15) is 19.3 Å². The van der Waals surface area contributed by atoms with E-state index in [0.717, 1.165) is 30.2 Å². The third-order valence-corrected chi connectivity index (χ3v) is 6.88. The van der Waals surface area contributed by atoms with E-state index in [-0.39, 0.29) is 16.6 Å². The number of pyridine rings is 1. The Morgan fingerprint density at radius 3 is 2.60 bits per heavy atom. The van der Waals surface area contributed by atoms with Gasteiger partial charge < -0.3 is 4.90 Å². The van der Waals surface area contributed by atoms with Crippen molar-refractivity contribution in [2.24, 2.45) is 0 Å². The molecule has 2 aromatic heterocycles. The molecule has 1 aliphatic heterocycles. The number of aromatic nitrogens is 3. The molecule has 0 N–H and O–H groups in total. The summed E-state index contributed by atoms with van der Waals surface area (Å²) in [5.74, 6) is 0.351. The number of hydrogen-bond donors (Lipinski definition) is 0. The van der Waals surface area contributed by atoms with Gasteiger partial charge >= 0.3 is 0 Å². The molecule has 0 radical (unpaired) electrons. The molecule has 1 amide bonds. The van der Waals surface area contributed by atoms with E-state index < -0.39 is 10.0 Å². The van der Waals surface area contributed by atoms with Crippen LogP contribution in [0.25, 0.3) is 5.65 Å². The van der Waals surface area contributed by atoms with Crippen LogP contribution in [0.3, 0.4) is 0 Å². The second-order valence-corrected chi connectivity index (χ2v) is 9.19. The molecule has 25 heavy (non-hydrogen) atoms. The number of hydrogen-bond acceptors (Lipinski definition) is 6. The van der Waals surface area contributed by atoms with Gasteiger partial charge in [-0.3, -0.25) is 9.20 Å². The fourth-order valence-electron chi connectivity index (χ4n) is 2.67. The van der Waals surface area contributed by atoms with Crippen LogP contribution < -0.4 is 0 Å². The molecule has 136 valence electrons. The van der Waals surface area contributed by atoms with Gasteiger partial charge in [-0.1, -0.05) is 11.8 Å². The number of sulfonamides is 1. The molecule has 2 aromatic rings. The zero-order valence-corrected chi connectivity index (χ0v) is 15.9. The Morgan fingerprint density at radius 2 is 1.92 bits per heavy atom. The maximum absolute atomic E-state index is 12.3. The van der Waals surface area contributed by atoms with Gasteiger partial charge in [0, 0.05) is 33.4 Å². The Kier molecular flexibility index (Phi) is 5.30. The highest BCUT2D eigenvalue weighted by atomic mass is 32.2. The smallest absolute Gasteiger partial charge is 0.244 e. The van der Waals surface area contributed by atoms with E-state index in [4.69, 9.17) is 0 Å². The average molecular weight is 383 g/mol. The summed E-state index contributed by atoms with van der Waals surface area (Å²) in [5.41, 5.74) is 0.547. The molecule has 1 fully saturated rings. The van der Waals surface area contributed by atoms with Crippen LogP contribution in [0.5, 0.6) is 0 Å². The van der Waals surface area contributed by atoms with Crippen LogP contribution in [-0.2, 0) is 14.8 Å². The zero-order valence-electron chi connectivity index (χ0n) is 14.3. The summed E-state index contributed by atoms with van der Waals surface area (Å²) >= 11 is 1.28. The number of piperidine rings is 1. The Labute approximate surface area is 151 Å². The Balaban J connectivity index is 1.79. The highest BCUT2D eigenvalue weighted by Crippen LogP contribution is 2.21. The molecule has 1 saturated heterocycles. The summed E-state index contributed by atoms with van der Waals surface area (Å²) < 4.78 is 27.3. The summed E-state index contributed by atoms with van der Waals surface area (Å²) in [6.45, 7) is 1.62. The van der Waals surface area contributed by atoms with Gasteiger partial charge in [0.1, 0.15) is 0 Å².